The second kappa shape index (κ2) is 8.27. The lowest BCUT2D eigenvalue weighted by molar-refractivity contribution is 0.601. The minimum Gasteiger partial charge on any atom is -0.398 e. The van der Waals surface area contributed by atoms with Gasteiger partial charge in [-0.2, -0.15) is 0 Å². The summed E-state index contributed by atoms with van der Waals surface area (Å²) in [6.45, 7) is 6.06. The normalized spacial score (nSPS) is 15.5. The van der Waals surface area contributed by atoms with Crippen LogP contribution in [0.25, 0.3) is 0 Å². The van der Waals surface area contributed by atoms with Crippen LogP contribution in [0.3, 0.4) is 0 Å². The Labute approximate surface area is 164 Å². The van der Waals surface area contributed by atoms with Crippen LogP contribution < -0.4 is 10.6 Å². The Morgan fingerprint density at radius 1 is 1.30 bits per heavy atom. The number of hydrogen-bond acceptors (Lipinski definition) is 6. The summed E-state index contributed by atoms with van der Waals surface area (Å²) >= 11 is 1.84. The Balaban J connectivity index is 1.80. The Kier molecular flexibility index (Phi) is 6.01. The average Bonchev–Trinajstić information content (AvgIpc) is 2.57. The van der Waals surface area contributed by atoms with Crippen LogP contribution in [0.2, 0.25) is 0 Å². The highest BCUT2D eigenvalue weighted by Gasteiger charge is 2.29. The maximum absolute atomic E-state index is 13.1. The predicted molar refractivity (Wildman–Crippen MR) is 113 cm³/mol. The largest absolute Gasteiger partial charge is 0.398 e. The van der Waals surface area contributed by atoms with Gasteiger partial charge in [-0.05, 0) is 44.3 Å². The summed E-state index contributed by atoms with van der Waals surface area (Å²) in [4.78, 5) is 11.5. The van der Waals surface area contributed by atoms with E-state index in [1.807, 2.05) is 18.0 Å². The summed E-state index contributed by atoms with van der Waals surface area (Å²) in [5, 5.41) is 0.592. The van der Waals surface area contributed by atoms with Crippen LogP contribution in [0.5, 0.6) is 0 Å². The molecule has 3 rings (SSSR count). The van der Waals surface area contributed by atoms with Gasteiger partial charge in [-0.3, -0.25) is 9.30 Å². The van der Waals surface area contributed by atoms with Crippen molar-refractivity contribution in [2.45, 2.75) is 19.1 Å². The van der Waals surface area contributed by atoms with E-state index in [2.05, 4.69) is 42.1 Å². The summed E-state index contributed by atoms with van der Waals surface area (Å²) in [5.74, 6) is 0.789. The first-order valence-corrected chi connectivity index (χ1v) is 9.86. The van der Waals surface area contributed by atoms with E-state index in [1.165, 1.54) is 12.1 Å². The summed E-state index contributed by atoms with van der Waals surface area (Å²) in [5.41, 5.74) is 9.40. The van der Waals surface area contributed by atoms with Crippen molar-refractivity contribution >= 4 is 34.9 Å². The monoisotopic (exact) mass is 387 g/mol. The highest BCUT2D eigenvalue weighted by Crippen LogP contribution is 2.30. The summed E-state index contributed by atoms with van der Waals surface area (Å²) < 4.78 is 15.3. The summed E-state index contributed by atoms with van der Waals surface area (Å²) in [7, 11) is 4.12. The molecule has 1 fully saturated rings. The Morgan fingerprint density at radius 2 is 1.96 bits per heavy atom. The van der Waals surface area contributed by atoms with E-state index in [0.29, 0.717) is 16.6 Å². The zero-order valence-electron chi connectivity index (χ0n) is 16.2. The molecule has 0 aliphatic carbocycles. The predicted octanol–water partition coefficient (Wildman–Crippen LogP) is 3.98. The van der Waals surface area contributed by atoms with Crippen molar-refractivity contribution in [3.8, 4) is 0 Å². The number of aromatic nitrogens is 1. The second-order valence-electron chi connectivity index (χ2n) is 7.20. The molecule has 27 heavy (non-hydrogen) atoms. The molecule has 0 bridgehead atoms. The van der Waals surface area contributed by atoms with E-state index in [-0.39, 0.29) is 11.7 Å². The van der Waals surface area contributed by atoms with E-state index in [9.17, 15) is 4.39 Å². The lowest BCUT2D eigenvalue weighted by Gasteiger charge is -2.40. The van der Waals surface area contributed by atoms with Crippen LogP contribution in [0.4, 0.5) is 21.6 Å². The van der Waals surface area contributed by atoms with Gasteiger partial charge in [0.2, 0.25) is 0 Å². The molecule has 0 amide bonds. The number of benzene rings is 1. The van der Waals surface area contributed by atoms with Crippen LogP contribution >= 0.6 is 11.9 Å². The quantitative estimate of drug-likeness (QED) is 0.600. The van der Waals surface area contributed by atoms with Crippen LogP contribution in [0.1, 0.15) is 19.4 Å². The van der Waals surface area contributed by atoms with E-state index >= 15 is 0 Å². The van der Waals surface area contributed by atoms with Crippen molar-refractivity contribution in [3.63, 3.8) is 0 Å². The molecular formula is C20H26FN5S. The minimum atomic E-state index is -0.272. The van der Waals surface area contributed by atoms with Crippen molar-refractivity contribution < 1.29 is 4.39 Å². The second-order valence-corrected chi connectivity index (χ2v) is 8.81. The molecule has 0 radical (unpaired) electrons. The van der Waals surface area contributed by atoms with Crippen LogP contribution in [-0.2, 0) is 0 Å². The number of halogens is 1. The number of pyridine rings is 1. The van der Waals surface area contributed by atoms with Gasteiger partial charge in [0.05, 0.1) is 16.6 Å². The number of aliphatic imine (C=N–C) groups is 1. The van der Waals surface area contributed by atoms with E-state index in [1.54, 1.807) is 18.3 Å². The van der Waals surface area contributed by atoms with Crippen LogP contribution in [0, 0.1) is 11.7 Å². The molecule has 1 aromatic carbocycles. The third-order valence-electron chi connectivity index (χ3n) is 4.35. The maximum Gasteiger partial charge on any atom is 0.130 e. The topological polar surface area (TPSA) is 57.8 Å². The van der Waals surface area contributed by atoms with E-state index in [4.69, 9.17) is 10.7 Å². The standard InChI is InChI=1S/C20H26FN5S/c1-13(2)20(24-15-7-5-14(21)6-8-15)17-10-23-19(9-18(17)22)26-11-16(12-26)27-25(3)4/h5-10,13,16H,11-12H2,1-4H3,(H2,22,23). The molecule has 1 aromatic heterocycles. The van der Waals surface area contributed by atoms with Crippen molar-refractivity contribution in [2.75, 3.05) is 37.8 Å². The number of anilines is 2. The molecule has 2 heterocycles. The van der Waals surface area contributed by atoms with Crippen LogP contribution in [-0.4, -0.2) is 47.4 Å². The van der Waals surface area contributed by atoms with Crippen molar-refractivity contribution in [2.24, 2.45) is 10.9 Å². The highest BCUT2D eigenvalue weighted by atomic mass is 32.2. The molecule has 0 atom stereocenters. The molecule has 144 valence electrons. The SMILES string of the molecule is CC(C)C(=Nc1ccc(F)cc1)c1cnc(N2CC(SN(C)C)C2)cc1N. The fourth-order valence-electron chi connectivity index (χ4n) is 2.99. The van der Waals surface area contributed by atoms with Gasteiger partial charge in [0.15, 0.2) is 0 Å². The number of rotatable bonds is 6. The molecule has 2 aromatic rings. The van der Waals surface area contributed by atoms with Crippen LogP contribution in [0.15, 0.2) is 41.5 Å². The van der Waals surface area contributed by atoms with Gasteiger partial charge < -0.3 is 10.6 Å². The first kappa shape index (κ1) is 19.6. The molecule has 0 saturated carbocycles. The summed E-state index contributed by atoms with van der Waals surface area (Å²) in [6, 6.07) is 8.08. The minimum absolute atomic E-state index is 0.162. The average molecular weight is 388 g/mol. The molecule has 1 aliphatic rings. The molecule has 0 unspecified atom stereocenters. The van der Waals surface area contributed by atoms with E-state index < -0.39 is 0 Å². The number of nitrogens with two attached hydrogens (primary N) is 1. The third-order valence-corrected chi connectivity index (χ3v) is 5.37. The number of nitrogens with zero attached hydrogens (tertiary/aromatic N) is 4. The van der Waals surface area contributed by atoms with Gasteiger partial charge in [-0.25, -0.2) is 9.37 Å². The molecule has 1 aliphatic heterocycles. The molecular weight excluding hydrogens is 361 g/mol. The van der Waals surface area contributed by atoms with Gasteiger partial charge >= 0.3 is 0 Å². The molecule has 1 saturated heterocycles. The molecule has 2 N–H and O–H groups in total. The zero-order valence-corrected chi connectivity index (χ0v) is 17.0. The first-order chi connectivity index (χ1) is 12.8. The Morgan fingerprint density at radius 3 is 2.52 bits per heavy atom. The molecule has 5 nitrogen and oxygen atoms in total. The lowest BCUT2D eigenvalue weighted by atomic mass is 9.99. The van der Waals surface area contributed by atoms with Gasteiger partial charge in [0, 0.05) is 36.6 Å². The molecule has 7 heteroatoms. The number of nitrogen functional groups attached to an aromatic ring is 1. The lowest BCUT2D eigenvalue weighted by Crippen LogP contribution is -2.50. The van der Waals surface area contributed by atoms with E-state index in [0.717, 1.165) is 30.2 Å². The maximum atomic E-state index is 13.1. The fraction of sp³-hybridized carbons (Fsp3) is 0.400. The highest BCUT2D eigenvalue weighted by molar-refractivity contribution is 7.97. The smallest absolute Gasteiger partial charge is 0.130 e. The number of hydrogen-bond donors (Lipinski definition) is 1. The fourth-order valence-corrected chi connectivity index (χ4v) is 4.08. The summed E-state index contributed by atoms with van der Waals surface area (Å²) in [6.07, 6.45) is 1.80. The van der Waals surface area contributed by atoms with Crippen molar-refractivity contribution in [1.82, 2.24) is 9.29 Å². The zero-order chi connectivity index (χ0) is 19.6. The van der Waals surface area contributed by atoms with Gasteiger partial charge in [0.25, 0.3) is 0 Å². The van der Waals surface area contributed by atoms with Gasteiger partial charge in [0.1, 0.15) is 11.6 Å². The molecule has 0 spiro atoms. The third kappa shape index (κ3) is 4.78. The van der Waals surface area contributed by atoms with Gasteiger partial charge in [-0.1, -0.05) is 25.8 Å². The Bertz CT molecular complexity index is 814. The first-order valence-electron chi connectivity index (χ1n) is 9.02. The van der Waals surface area contributed by atoms with Crippen molar-refractivity contribution in [1.29, 1.82) is 0 Å². The van der Waals surface area contributed by atoms with Crippen molar-refractivity contribution in [3.05, 3.63) is 47.9 Å². The Hall–Kier alpha value is -2.12. The van der Waals surface area contributed by atoms with Gasteiger partial charge in [-0.15, -0.1) is 0 Å².